The minimum Gasteiger partial charge on any atom is -0.550 e. The second kappa shape index (κ2) is 74.5. The minimum absolute atomic E-state index is 0. The average Bonchev–Trinajstić information content (AvgIpc) is 3.51. The molecule has 0 aliphatic carbocycles. The van der Waals surface area contributed by atoms with Crippen molar-refractivity contribution in [1.29, 1.82) is 0 Å². The Morgan fingerprint density at radius 2 is 0.364 bits per heavy atom. The normalized spacial score (nSPS) is 10.1. The number of aliphatic carboxylic acids is 3. The fourth-order valence-corrected chi connectivity index (χ4v) is 9.66. The number of carbonyl (C=O) groups excluding carboxylic acids is 3. The van der Waals surface area contributed by atoms with Crippen LogP contribution in [-0.2, 0) is 14.4 Å². The summed E-state index contributed by atoms with van der Waals surface area (Å²) < 4.78 is 0. The first-order valence-electron chi connectivity index (χ1n) is 34.7. The molecule has 0 atom stereocenters. The number of unbranched alkanes of at least 4 members (excludes halogenated alkanes) is 42. The van der Waals surface area contributed by atoms with E-state index in [1.807, 2.05) is 0 Å². The van der Waals surface area contributed by atoms with E-state index in [0.29, 0.717) is 16.7 Å². The van der Waals surface area contributed by atoms with Crippen LogP contribution in [0.25, 0.3) is 0 Å². The average molecular weight is 1240 g/mol. The van der Waals surface area contributed by atoms with Crippen LogP contribution in [0.3, 0.4) is 0 Å². The van der Waals surface area contributed by atoms with Crippen molar-refractivity contribution in [2.45, 2.75) is 329 Å². The SMILES string of the molecule is CCCCCCCCCCCCCCCCCC(=O)[O-].CCCCCCCCCCCCCCCCCC(=O)[O-].CCCCCCCCCCCCCCCCCC(=O)[O-].O=C(O)c1ccccc1.O=C(O)c1ccccc1.O=C(O)c1ccccc1.[Al+3]. The van der Waals surface area contributed by atoms with Gasteiger partial charge in [-0.15, -0.1) is 0 Å². The summed E-state index contributed by atoms with van der Waals surface area (Å²) in [6.45, 7) is 6.80. The quantitative estimate of drug-likeness (QED) is 0.0354. The van der Waals surface area contributed by atoms with Crippen molar-refractivity contribution in [1.82, 2.24) is 0 Å². The van der Waals surface area contributed by atoms with Gasteiger partial charge < -0.3 is 45.0 Å². The summed E-state index contributed by atoms with van der Waals surface area (Å²) >= 11 is 0. The van der Waals surface area contributed by atoms with Gasteiger partial charge in [0, 0.05) is 17.9 Å². The van der Waals surface area contributed by atoms with Gasteiger partial charge in [-0.05, 0) is 74.9 Å². The molecular formula is C75H123AlO12. The van der Waals surface area contributed by atoms with Gasteiger partial charge in [-0.1, -0.05) is 345 Å². The molecule has 498 valence electrons. The molecule has 0 saturated heterocycles. The zero-order valence-electron chi connectivity index (χ0n) is 55.7. The molecule has 0 aromatic heterocycles. The largest absolute Gasteiger partial charge is 3.00 e. The first-order chi connectivity index (χ1) is 42.2. The van der Waals surface area contributed by atoms with Crippen molar-refractivity contribution in [3.8, 4) is 0 Å². The number of hydrogen-bond acceptors (Lipinski definition) is 9. The summed E-state index contributed by atoms with van der Waals surface area (Å²) in [7, 11) is 0. The Bertz CT molecular complexity index is 1730. The van der Waals surface area contributed by atoms with Crippen LogP contribution in [0.1, 0.15) is 360 Å². The molecule has 0 fully saturated rings. The molecule has 13 heteroatoms. The maximum Gasteiger partial charge on any atom is 3.00 e. The van der Waals surface area contributed by atoms with Crippen molar-refractivity contribution in [2.75, 3.05) is 0 Å². The molecule has 0 aliphatic heterocycles. The van der Waals surface area contributed by atoms with Crippen molar-refractivity contribution in [3.05, 3.63) is 108 Å². The van der Waals surface area contributed by atoms with Crippen LogP contribution in [0, 0.1) is 0 Å². The maximum absolute atomic E-state index is 10.2. The summed E-state index contributed by atoms with van der Waals surface area (Å²) in [6, 6.07) is 24.9. The maximum atomic E-state index is 10.2. The summed E-state index contributed by atoms with van der Waals surface area (Å²) in [5.74, 6) is -5.35. The van der Waals surface area contributed by atoms with E-state index in [9.17, 15) is 44.1 Å². The van der Waals surface area contributed by atoms with Crippen molar-refractivity contribution in [3.63, 3.8) is 0 Å². The van der Waals surface area contributed by atoms with Gasteiger partial charge in [-0.3, -0.25) is 0 Å². The van der Waals surface area contributed by atoms with Crippen LogP contribution in [0.2, 0.25) is 0 Å². The molecule has 88 heavy (non-hydrogen) atoms. The Morgan fingerprint density at radius 1 is 0.239 bits per heavy atom. The van der Waals surface area contributed by atoms with E-state index < -0.39 is 35.8 Å². The van der Waals surface area contributed by atoms with Crippen LogP contribution in [-0.4, -0.2) is 68.5 Å². The van der Waals surface area contributed by atoms with Crippen molar-refractivity contribution in [2.24, 2.45) is 0 Å². The van der Waals surface area contributed by atoms with Gasteiger partial charge in [0.2, 0.25) is 0 Å². The number of rotatable bonds is 51. The summed E-state index contributed by atoms with van der Waals surface area (Å²) in [5, 5.41) is 55.8. The van der Waals surface area contributed by atoms with Gasteiger partial charge in [0.25, 0.3) is 0 Å². The Balaban J connectivity index is -0.000000496. The molecule has 0 amide bonds. The monoisotopic (exact) mass is 1240 g/mol. The van der Waals surface area contributed by atoms with Gasteiger partial charge >= 0.3 is 35.3 Å². The van der Waals surface area contributed by atoms with E-state index in [-0.39, 0.29) is 36.6 Å². The molecule has 0 radical (unpaired) electrons. The van der Waals surface area contributed by atoms with Crippen molar-refractivity contribution >= 4 is 53.2 Å². The molecule has 3 aromatic rings. The van der Waals surface area contributed by atoms with E-state index >= 15 is 0 Å². The zero-order valence-corrected chi connectivity index (χ0v) is 56.8. The van der Waals surface area contributed by atoms with Crippen LogP contribution in [0.15, 0.2) is 91.0 Å². The molecular weight excluding hydrogens is 1120 g/mol. The van der Waals surface area contributed by atoms with Gasteiger partial charge in [-0.2, -0.15) is 0 Å². The van der Waals surface area contributed by atoms with Gasteiger partial charge in [0.1, 0.15) is 0 Å². The summed E-state index contributed by atoms with van der Waals surface area (Å²) in [5.41, 5.74) is 0.993. The van der Waals surface area contributed by atoms with Crippen molar-refractivity contribution < 1.29 is 59.4 Å². The second-order valence-electron chi connectivity index (χ2n) is 23.2. The number of aromatic carboxylic acids is 3. The van der Waals surface area contributed by atoms with Gasteiger partial charge in [-0.25, -0.2) is 14.4 Å². The Hall–Kier alpha value is -4.99. The molecule has 0 aliphatic rings. The van der Waals surface area contributed by atoms with E-state index in [1.165, 1.54) is 250 Å². The molecule has 12 nitrogen and oxygen atoms in total. The first-order valence-corrected chi connectivity index (χ1v) is 34.7. The Kier molecular flexibility index (Phi) is 75.7. The second-order valence-corrected chi connectivity index (χ2v) is 23.2. The van der Waals surface area contributed by atoms with E-state index in [1.54, 1.807) is 91.0 Å². The Morgan fingerprint density at radius 3 is 0.466 bits per heavy atom. The zero-order chi connectivity index (χ0) is 64.7. The molecule has 0 spiro atoms. The fraction of sp³-hybridized carbons (Fsp3) is 0.680. The predicted octanol–water partition coefficient (Wildman–Crippen LogP) is 18.8. The molecule has 3 N–H and O–H groups in total. The third kappa shape index (κ3) is 77.1. The smallest absolute Gasteiger partial charge is 0.550 e. The van der Waals surface area contributed by atoms with E-state index in [4.69, 9.17) is 15.3 Å². The molecule has 3 rings (SSSR count). The van der Waals surface area contributed by atoms with E-state index in [2.05, 4.69) is 20.8 Å². The van der Waals surface area contributed by atoms with Crippen LogP contribution in [0.4, 0.5) is 0 Å². The molecule has 0 saturated carbocycles. The van der Waals surface area contributed by atoms with Crippen LogP contribution in [0.5, 0.6) is 0 Å². The van der Waals surface area contributed by atoms with Crippen LogP contribution < -0.4 is 15.3 Å². The minimum atomic E-state index is -0.903. The first kappa shape index (κ1) is 89.4. The number of carboxylic acid groups (broad SMARTS) is 6. The number of hydrogen-bond donors (Lipinski definition) is 3. The third-order valence-electron chi connectivity index (χ3n) is 15.0. The fourth-order valence-electron chi connectivity index (χ4n) is 9.66. The molecule has 0 unspecified atom stereocenters. The molecule has 0 heterocycles. The predicted molar refractivity (Wildman–Crippen MR) is 360 cm³/mol. The number of carbonyl (C=O) groups is 6. The molecule has 3 aromatic carbocycles. The summed E-state index contributed by atoms with van der Waals surface area (Å²) in [6.07, 6.45) is 59.6. The van der Waals surface area contributed by atoms with Gasteiger partial charge in [0.15, 0.2) is 0 Å². The van der Waals surface area contributed by atoms with E-state index in [0.717, 1.165) is 38.5 Å². The van der Waals surface area contributed by atoms with Crippen LogP contribution >= 0.6 is 0 Å². The van der Waals surface area contributed by atoms with Gasteiger partial charge in [0.05, 0.1) is 16.7 Å². The third-order valence-corrected chi connectivity index (χ3v) is 15.0. The Labute approximate surface area is 546 Å². The number of benzene rings is 3. The topological polar surface area (TPSA) is 232 Å². The molecule has 0 bridgehead atoms. The summed E-state index contributed by atoms with van der Waals surface area (Å²) in [4.78, 5) is 61.3. The standard InChI is InChI=1S/3C18H36O2.3C7H6O2.Al/c3*1-2-3-4-5-6-7-8-9-10-11-12-13-14-15-16-17-18(19)20;3*8-7(9)6-4-2-1-3-5-6;/h3*2-17H2,1H3,(H,19,20);3*1-5H,(H,8,9);/q;;;;;;+3/p-3. The number of carboxylic acids is 6.